The van der Waals surface area contributed by atoms with Gasteiger partial charge >= 0.3 is 0 Å². The van der Waals surface area contributed by atoms with Crippen molar-refractivity contribution in [2.24, 2.45) is 0 Å². The molecular formula is C22H17NO4. The van der Waals surface area contributed by atoms with Crippen LogP contribution in [0, 0.1) is 11.8 Å². The molecule has 1 amide bonds. The molecule has 0 aliphatic heterocycles. The summed E-state index contributed by atoms with van der Waals surface area (Å²) in [5.41, 5.74) is 1.51. The van der Waals surface area contributed by atoms with Crippen LogP contribution in [0.5, 0.6) is 5.75 Å². The second-order valence-electron chi connectivity index (χ2n) is 5.11. The van der Waals surface area contributed by atoms with E-state index in [1.807, 2.05) is 30.3 Å². The molecule has 3 rings (SSSR count). The smallest absolute Gasteiger partial charge is 0.295 e. The first-order valence-electron chi connectivity index (χ1n) is 7.93. The normalized spacial score (nSPS) is 9.19. The summed E-state index contributed by atoms with van der Waals surface area (Å²) in [4.78, 5) is 23.4. The van der Waals surface area contributed by atoms with Gasteiger partial charge in [0, 0.05) is 22.9 Å². The predicted octanol–water partition coefficient (Wildman–Crippen LogP) is 3.80. The molecule has 0 saturated carbocycles. The average Bonchev–Trinajstić information content (AvgIpc) is 2.72. The van der Waals surface area contributed by atoms with Crippen LogP contribution in [0.3, 0.4) is 0 Å². The summed E-state index contributed by atoms with van der Waals surface area (Å²) in [6.45, 7) is 6.00. The minimum Gasteiger partial charge on any atom is -0.501 e. The molecule has 0 radical (unpaired) electrons. The van der Waals surface area contributed by atoms with Crippen LogP contribution in [-0.2, 0) is 0 Å². The van der Waals surface area contributed by atoms with E-state index in [0.29, 0.717) is 5.69 Å². The van der Waals surface area contributed by atoms with Crippen LogP contribution in [0.4, 0.5) is 5.69 Å². The number of hydrogen-bond acceptors (Lipinski definition) is 4. The number of carbonyl (C=O) groups excluding carboxylic acids is 1. The Hall–Kier alpha value is -4.04. The maximum atomic E-state index is 12.1. The SMILES string of the molecule is C=C.O=C(Nc1ccc(C#Cc2ccccc2)cc1)c1occc(=O)c1O. The van der Waals surface area contributed by atoms with Crippen molar-refractivity contribution < 1.29 is 14.3 Å². The highest BCUT2D eigenvalue weighted by Crippen LogP contribution is 2.15. The molecule has 1 heterocycles. The lowest BCUT2D eigenvalue weighted by Crippen LogP contribution is -2.14. The van der Waals surface area contributed by atoms with E-state index in [-0.39, 0.29) is 0 Å². The molecular weight excluding hydrogens is 342 g/mol. The van der Waals surface area contributed by atoms with E-state index >= 15 is 0 Å². The Morgan fingerprint density at radius 3 is 2.15 bits per heavy atom. The molecule has 134 valence electrons. The Morgan fingerprint density at radius 2 is 1.52 bits per heavy atom. The lowest BCUT2D eigenvalue weighted by Gasteiger charge is -2.05. The largest absolute Gasteiger partial charge is 0.501 e. The van der Waals surface area contributed by atoms with E-state index in [9.17, 15) is 14.7 Å². The summed E-state index contributed by atoms with van der Waals surface area (Å²) in [7, 11) is 0. The second kappa shape index (κ2) is 9.44. The van der Waals surface area contributed by atoms with Crippen molar-refractivity contribution >= 4 is 11.6 Å². The zero-order valence-corrected chi connectivity index (χ0v) is 14.4. The Balaban J connectivity index is 0.00000126. The van der Waals surface area contributed by atoms with Crippen molar-refractivity contribution in [3.8, 4) is 17.6 Å². The number of anilines is 1. The van der Waals surface area contributed by atoms with Crippen LogP contribution in [-0.4, -0.2) is 11.0 Å². The van der Waals surface area contributed by atoms with E-state index in [1.54, 1.807) is 24.3 Å². The minimum absolute atomic E-state index is 0.430. The molecule has 0 spiro atoms. The van der Waals surface area contributed by atoms with Gasteiger partial charge in [0.2, 0.25) is 16.9 Å². The lowest BCUT2D eigenvalue weighted by atomic mass is 10.1. The van der Waals surface area contributed by atoms with Crippen molar-refractivity contribution in [2.45, 2.75) is 0 Å². The first-order valence-corrected chi connectivity index (χ1v) is 7.93. The third-order valence-corrected chi connectivity index (χ3v) is 3.33. The number of aromatic hydroxyl groups is 1. The van der Waals surface area contributed by atoms with Gasteiger partial charge in [-0.25, -0.2) is 0 Å². The second-order valence-corrected chi connectivity index (χ2v) is 5.11. The van der Waals surface area contributed by atoms with Crippen molar-refractivity contribution in [2.75, 3.05) is 5.32 Å². The van der Waals surface area contributed by atoms with Gasteiger partial charge in [0.15, 0.2) is 0 Å². The number of nitrogens with one attached hydrogen (secondary N) is 1. The zero-order valence-electron chi connectivity index (χ0n) is 14.4. The summed E-state index contributed by atoms with van der Waals surface area (Å²) >= 11 is 0. The average molecular weight is 359 g/mol. The number of rotatable bonds is 2. The van der Waals surface area contributed by atoms with Crippen molar-refractivity contribution in [1.29, 1.82) is 0 Å². The molecule has 1 aromatic heterocycles. The summed E-state index contributed by atoms with van der Waals surface area (Å²) in [6.07, 6.45) is 1.05. The highest BCUT2D eigenvalue weighted by molar-refractivity contribution is 6.03. The fourth-order valence-electron chi connectivity index (χ4n) is 2.06. The van der Waals surface area contributed by atoms with Crippen LogP contribution in [0.1, 0.15) is 21.7 Å². The van der Waals surface area contributed by atoms with Gasteiger partial charge in [0.25, 0.3) is 5.91 Å². The zero-order chi connectivity index (χ0) is 19.6. The van der Waals surface area contributed by atoms with Crippen LogP contribution in [0.15, 0.2) is 89.3 Å². The molecule has 5 nitrogen and oxygen atoms in total. The Bertz CT molecular complexity index is 1030. The Morgan fingerprint density at radius 1 is 0.926 bits per heavy atom. The van der Waals surface area contributed by atoms with Gasteiger partial charge in [0.1, 0.15) is 0 Å². The molecule has 0 saturated heterocycles. The third kappa shape index (κ3) is 5.21. The van der Waals surface area contributed by atoms with Crippen molar-refractivity contribution in [3.05, 3.63) is 107 Å². The first-order chi connectivity index (χ1) is 13.1. The van der Waals surface area contributed by atoms with Gasteiger partial charge < -0.3 is 14.8 Å². The molecule has 27 heavy (non-hydrogen) atoms. The van der Waals surface area contributed by atoms with E-state index in [2.05, 4.69) is 30.3 Å². The standard InChI is InChI=1S/C20H13NO4.C2H4/c22-17-12-13-25-19(18(17)23)20(24)21-16-10-8-15(9-11-16)7-6-14-4-2-1-3-5-14;1-2/h1-5,8-13,23H,(H,21,24);1-2H2. The van der Waals surface area contributed by atoms with Gasteiger partial charge in [-0.05, 0) is 36.4 Å². The molecule has 0 unspecified atom stereocenters. The van der Waals surface area contributed by atoms with E-state index in [4.69, 9.17) is 4.42 Å². The minimum atomic E-state index is -0.717. The van der Waals surface area contributed by atoms with Gasteiger partial charge in [-0.15, -0.1) is 13.2 Å². The van der Waals surface area contributed by atoms with Crippen molar-refractivity contribution in [1.82, 2.24) is 0 Å². The molecule has 0 aliphatic rings. The maximum absolute atomic E-state index is 12.1. The van der Waals surface area contributed by atoms with E-state index in [1.165, 1.54) is 0 Å². The van der Waals surface area contributed by atoms with Gasteiger partial charge in [0.05, 0.1) is 6.26 Å². The summed E-state index contributed by atoms with van der Waals surface area (Å²) < 4.78 is 4.90. The number of benzene rings is 2. The number of amides is 1. The fourth-order valence-corrected chi connectivity index (χ4v) is 2.06. The van der Waals surface area contributed by atoms with E-state index in [0.717, 1.165) is 23.5 Å². The molecule has 0 atom stereocenters. The molecule has 3 aromatic rings. The van der Waals surface area contributed by atoms with Gasteiger partial charge in [-0.3, -0.25) is 9.59 Å². The van der Waals surface area contributed by atoms with Gasteiger partial charge in [-0.2, -0.15) is 0 Å². The molecule has 0 aliphatic carbocycles. The number of hydrogen-bond donors (Lipinski definition) is 2. The lowest BCUT2D eigenvalue weighted by molar-refractivity contribution is 0.0989. The molecule has 5 heteroatoms. The maximum Gasteiger partial charge on any atom is 0.295 e. The molecule has 2 N–H and O–H groups in total. The monoisotopic (exact) mass is 359 g/mol. The van der Waals surface area contributed by atoms with Gasteiger partial charge in [-0.1, -0.05) is 30.0 Å². The fraction of sp³-hybridized carbons (Fsp3) is 0. The highest BCUT2D eigenvalue weighted by Gasteiger charge is 2.16. The Kier molecular flexibility index (Phi) is 6.75. The molecule has 0 bridgehead atoms. The van der Waals surface area contributed by atoms with Crippen molar-refractivity contribution in [3.63, 3.8) is 0 Å². The summed E-state index contributed by atoms with van der Waals surface area (Å²) in [5, 5.41) is 12.1. The topological polar surface area (TPSA) is 79.5 Å². The van der Waals surface area contributed by atoms with Crippen LogP contribution in [0.25, 0.3) is 0 Å². The van der Waals surface area contributed by atoms with E-state index < -0.39 is 22.8 Å². The predicted molar refractivity (Wildman–Crippen MR) is 105 cm³/mol. The molecule has 0 fully saturated rings. The van der Waals surface area contributed by atoms with Crippen LogP contribution in [0.2, 0.25) is 0 Å². The van der Waals surface area contributed by atoms with Crippen LogP contribution < -0.4 is 10.7 Å². The number of carbonyl (C=O) groups is 1. The molecule has 2 aromatic carbocycles. The Labute approximate surface area is 156 Å². The summed E-state index contributed by atoms with van der Waals surface area (Å²) in [5.74, 6) is 4.21. The van der Waals surface area contributed by atoms with Crippen LogP contribution >= 0.6 is 0 Å². The summed E-state index contributed by atoms with van der Waals surface area (Å²) in [6, 6.07) is 17.5. The highest BCUT2D eigenvalue weighted by atomic mass is 16.4. The first kappa shape index (κ1) is 19.3. The quantitative estimate of drug-likeness (QED) is 0.539. The third-order valence-electron chi connectivity index (χ3n) is 3.33.